The molecule has 2 aliphatic rings. The monoisotopic (exact) mass is 360 g/mol. The summed E-state index contributed by atoms with van der Waals surface area (Å²) in [5.41, 5.74) is 15.7. The Balaban J connectivity index is 1.42. The van der Waals surface area contributed by atoms with Gasteiger partial charge in [0.25, 0.3) is 0 Å². The molecule has 136 valence electrons. The predicted molar refractivity (Wildman–Crippen MR) is 103 cm³/mol. The molecule has 3 atom stereocenters. The largest absolute Gasteiger partial charge is 0.487 e. The lowest BCUT2D eigenvalue weighted by Crippen LogP contribution is -2.20. The highest BCUT2D eigenvalue weighted by Crippen LogP contribution is 2.55. The fourth-order valence-corrected chi connectivity index (χ4v) is 4.33. The first-order valence-electron chi connectivity index (χ1n) is 9.08. The Morgan fingerprint density at radius 2 is 1.48 bits per heavy atom. The molecule has 5 rings (SSSR count). The van der Waals surface area contributed by atoms with Crippen molar-refractivity contribution < 1.29 is 9.47 Å². The molecular weight excluding hydrogens is 340 g/mol. The third kappa shape index (κ3) is 2.65. The first kappa shape index (κ1) is 15.9. The van der Waals surface area contributed by atoms with Gasteiger partial charge in [0.2, 0.25) is 0 Å². The standard InChI is InChI=1S/C21H20N4O2/c22-17-10-24-7-5-19(17)26-12-1-2-13-14-3-4-15(16(13)9-12)21(14)27-20-6-8-25-11-18(20)23/h1-2,5-11,14-15,21H,3-4,22-23H2. The van der Waals surface area contributed by atoms with Gasteiger partial charge in [0.1, 0.15) is 17.6 Å². The molecule has 3 aromatic rings. The van der Waals surface area contributed by atoms with E-state index in [1.807, 2.05) is 12.1 Å². The zero-order chi connectivity index (χ0) is 18.4. The van der Waals surface area contributed by atoms with E-state index in [0.717, 1.165) is 18.6 Å². The third-order valence-corrected chi connectivity index (χ3v) is 5.55. The Labute approximate surface area is 157 Å². The van der Waals surface area contributed by atoms with Crippen LogP contribution in [0.15, 0.2) is 55.1 Å². The second-order valence-corrected chi connectivity index (χ2v) is 7.09. The van der Waals surface area contributed by atoms with Crippen molar-refractivity contribution in [1.29, 1.82) is 0 Å². The molecule has 3 unspecified atom stereocenters. The number of aromatic nitrogens is 2. The average molecular weight is 360 g/mol. The van der Waals surface area contributed by atoms with E-state index in [9.17, 15) is 0 Å². The molecule has 0 saturated heterocycles. The van der Waals surface area contributed by atoms with Crippen LogP contribution in [0.5, 0.6) is 17.2 Å². The normalized spacial score (nSPS) is 22.4. The predicted octanol–water partition coefficient (Wildman–Crippen LogP) is 3.86. The molecule has 2 aliphatic carbocycles. The van der Waals surface area contributed by atoms with Crippen molar-refractivity contribution in [3.05, 3.63) is 66.2 Å². The smallest absolute Gasteiger partial charge is 0.153 e. The summed E-state index contributed by atoms with van der Waals surface area (Å²) in [5, 5.41) is 0. The third-order valence-electron chi connectivity index (χ3n) is 5.55. The molecule has 0 aliphatic heterocycles. The lowest BCUT2D eigenvalue weighted by Gasteiger charge is -2.19. The van der Waals surface area contributed by atoms with Crippen LogP contribution < -0.4 is 20.9 Å². The van der Waals surface area contributed by atoms with Gasteiger partial charge in [0, 0.05) is 36.4 Å². The van der Waals surface area contributed by atoms with Crippen molar-refractivity contribution >= 4 is 11.4 Å². The molecule has 2 bridgehead atoms. The molecule has 2 aromatic heterocycles. The number of rotatable bonds is 4. The first-order chi connectivity index (χ1) is 13.2. The topological polar surface area (TPSA) is 96.3 Å². The van der Waals surface area contributed by atoms with E-state index in [1.54, 1.807) is 30.9 Å². The minimum atomic E-state index is 0.103. The maximum absolute atomic E-state index is 6.32. The van der Waals surface area contributed by atoms with Crippen molar-refractivity contribution in [2.45, 2.75) is 30.8 Å². The van der Waals surface area contributed by atoms with E-state index in [4.69, 9.17) is 20.9 Å². The number of nitrogens with zero attached hydrogens (tertiary/aromatic N) is 2. The summed E-state index contributed by atoms with van der Waals surface area (Å²) >= 11 is 0. The second kappa shape index (κ2) is 6.16. The highest BCUT2D eigenvalue weighted by atomic mass is 16.5. The molecule has 1 saturated carbocycles. The molecule has 4 N–H and O–H groups in total. The summed E-state index contributed by atoms with van der Waals surface area (Å²) in [4.78, 5) is 8.03. The lowest BCUT2D eigenvalue weighted by atomic mass is 9.92. The van der Waals surface area contributed by atoms with Crippen molar-refractivity contribution in [1.82, 2.24) is 9.97 Å². The van der Waals surface area contributed by atoms with Crippen LogP contribution in [0.4, 0.5) is 11.4 Å². The van der Waals surface area contributed by atoms with E-state index in [2.05, 4.69) is 22.1 Å². The Hall–Kier alpha value is -3.28. The molecule has 0 amide bonds. The summed E-state index contributed by atoms with van der Waals surface area (Å²) in [6.45, 7) is 0. The fraction of sp³-hybridized carbons (Fsp3) is 0.238. The van der Waals surface area contributed by atoms with Crippen molar-refractivity contribution in [2.24, 2.45) is 0 Å². The number of hydrogen-bond donors (Lipinski definition) is 2. The summed E-state index contributed by atoms with van der Waals surface area (Å²) in [5.74, 6) is 2.83. The Morgan fingerprint density at radius 3 is 2.19 bits per heavy atom. The number of benzene rings is 1. The average Bonchev–Trinajstić information content (AvgIpc) is 3.21. The van der Waals surface area contributed by atoms with E-state index in [0.29, 0.717) is 34.7 Å². The number of nitrogen functional groups attached to an aromatic ring is 2. The van der Waals surface area contributed by atoms with E-state index >= 15 is 0 Å². The molecular formula is C21H20N4O2. The zero-order valence-electron chi connectivity index (χ0n) is 14.7. The minimum Gasteiger partial charge on any atom is -0.487 e. The van der Waals surface area contributed by atoms with Gasteiger partial charge in [0.05, 0.1) is 23.8 Å². The SMILES string of the molecule is Nc1cnccc1Oc1ccc2c(c1)C1CCC2C1Oc1ccncc1N. The maximum Gasteiger partial charge on any atom is 0.153 e. The van der Waals surface area contributed by atoms with Gasteiger partial charge in [-0.15, -0.1) is 0 Å². The van der Waals surface area contributed by atoms with Gasteiger partial charge in [-0.3, -0.25) is 9.97 Å². The summed E-state index contributed by atoms with van der Waals surface area (Å²) in [6.07, 6.45) is 8.94. The van der Waals surface area contributed by atoms with E-state index < -0.39 is 0 Å². The number of hydrogen-bond acceptors (Lipinski definition) is 6. The maximum atomic E-state index is 6.32. The molecule has 1 fully saturated rings. The van der Waals surface area contributed by atoms with Gasteiger partial charge in [-0.2, -0.15) is 0 Å². The van der Waals surface area contributed by atoms with Crippen LogP contribution in [-0.2, 0) is 0 Å². The van der Waals surface area contributed by atoms with Crippen LogP contribution in [0.3, 0.4) is 0 Å². The molecule has 27 heavy (non-hydrogen) atoms. The van der Waals surface area contributed by atoms with Crippen LogP contribution in [-0.4, -0.2) is 16.1 Å². The van der Waals surface area contributed by atoms with Crippen molar-refractivity contribution in [3.63, 3.8) is 0 Å². The van der Waals surface area contributed by atoms with Gasteiger partial charge in [0.15, 0.2) is 5.75 Å². The number of pyridine rings is 2. The Morgan fingerprint density at radius 1 is 0.815 bits per heavy atom. The van der Waals surface area contributed by atoms with Crippen LogP contribution in [0.25, 0.3) is 0 Å². The Bertz CT molecular complexity index is 1010. The molecule has 2 heterocycles. The summed E-state index contributed by atoms with van der Waals surface area (Å²) < 4.78 is 12.3. The van der Waals surface area contributed by atoms with Crippen LogP contribution >= 0.6 is 0 Å². The van der Waals surface area contributed by atoms with E-state index in [-0.39, 0.29) is 6.10 Å². The van der Waals surface area contributed by atoms with Gasteiger partial charge in [-0.1, -0.05) is 6.07 Å². The van der Waals surface area contributed by atoms with Gasteiger partial charge in [-0.05, 0) is 36.1 Å². The number of fused-ring (bicyclic) bond motifs is 5. The lowest BCUT2D eigenvalue weighted by molar-refractivity contribution is 0.187. The first-order valence-corrected chi connectivity index (χ1v) is 9.08. The second-order valence-electron chi connectivity index (χ2n) is 7.09. The highest BCUT2D eigenvalue weighted by Gasteiger charge is 2.47. The molecule has 0 radical (unpaired) electrons. The van der Waals surface area contributed by atoms with Crippen LogP contribution in [0.2, 0.25) is 0 Å². The number of anilines is 2. The van der Waals surface area contributed by atoms with Crippen molar-refractivity contribution in [3.8, 4) is 17.2 Å². The summed E-state index contributed by atoms with van der Waals surface area (Å²) in [7, 11) is 0. The highest BCUT2D eigenvalue weighted by molar-refractivity contribution is 5.54. The van der Waals surface area contributed by atoms with Gasteiger partial charge >= 0.3 is 0 Å². The zero-order valence-corrected chi connectivity index (χ0v) is 14.7. The number of nitrogens with two attached hydrogens (primary N) is 2. The van der Waals surface area contributed by atoms with Crippen LogP contribution in [0, 0.1) is 0 Å². The summed E-state index contributed by atoms with van der Waals surface area (Å²) in [6, 6.07) is 9.87. The van der Waals surface area contributed by atoms with Crippen LogP contribution in [0.1, 0.15) is 35.8 Å². The fourth-order valence-electron chi connectivity index (χ4n) is 4.33. The van der Waals surface area contributed by atoms with Gasteiger partial charge < -0.3 is 20.9 Å². The minimum absolute atomic E-state index is 0.103. The quantitative estimate of drug-likeness (QED) is 0.733. The number of ether oxygens (including phenoxy) is 2. The van der Waals surface area contributed by atoms with E-state index in [1.165, 1.54) is 11.1 Å². The molecule has 0 spiro atoms. The van der Waals surface area contributed by atoms with Crippen molar-refractivity contribution in [2.75, 3.05) is 11.5 Å². The molecule has 6 heteroatoms. The Kier molecular flexibility index (Phi) is 3.63. The molecule has 1 aromatic carbocycles. The van der Waals surface area contributed by atoms with Gasteiger partial charge in [-0.25, -0.2) is 0 Å². The molecule has 6 nitrogen and oxygen atoms in total.